The molecule has 4 rings (SSSR count). The highest BCUT2D eigenvalue weighted by Gasteiger charge is 2.34. The molecule has 10 heteroatoms. The van der Waals surface area contributed by atoms with Crippen molar-refractivity contribution in [2.75, 3.05) is 17.1 Å². The molecule has 0 unspecified atom stereocenters. The van der Waals surface area contributed by atoms with Crippen molar-refractivity contribution in [3.63, 3.8) is 0 Å². The molecule has 212 valence electrons. The van der Waals surface area contributed by atoms with E-state index in [0.29, 0.717) is 10.6 Å². The molecule has 2 amide bonds. The number of nitrogens with zero attached hydrogens (tertiary/aromatic N) is 2. The summed E-state index contributed by atoms with van der Waals surface area (Å²) >= 11 is 6.12. The molecular formula is C30H33ClFN3O4S. The van der Waals surface area contributed by atoms with Gasteiger partial charge in [-0.2, -0.15) is 0 Å². The minimum absolute atomic E-state index is 0.0121. The fraction of sp³-hybridized carbons (Fsp3) is 0.333. The van der Waals surface area contributed by atoms with Crippen LogP contribution < -0.4 is 9.62 Å². The van der Waals surface area contributed by atoms with Crippen LogP contribution >= 0.6 is 11.6 Å². The summed E-state index contributed by atoms with van der Waals surface area (Å²) in [4.78, 5) is 29.2. The maximum Gasteiger partial charge on any atom is 0.244 e. The van der Waals surface area contributed by atoms with Crippen molar-refractivity contribution >= 4 is 39.1 Å². The van der Waals surface area contributed by atoms with E-state index in [1.807, 2.05) is 30.3 Å². The van der Waals surface area contributed by atoms with Crippen LogP contribution in [0.25, 0.3) is 0 Å². The summed E-state index contributed by atoms with van der Waals surface area (Å²) in [5, 5.41) is 3.43. The minimum atomic E-state index is -3.89. The van der Waals surface area contributed by atoms with Crippen molar-refractivity contribution in [1.82, 2.24) is 10.2 Å². The fourth-order valence-corrected chi connectivity index (χ4v) is 5.98. The second-order valence-electron chi connectivity index (χ2n) is 10.1. The Kier molecular flexibility index (Phi) is 9.81. The lowest BCUT2D eigenvalue weighted by Crippen LogP contribution is -2.54. The van der Waals surface area contributed by atoms with E-state index in [0.717, 1.165) is 41.8 Å². The molecule has 1 atom stereocenters. The van der Waals surface area contributed by atoms with Crippen molar-refractivity contribution in [3.8, 4) is 0 Å². The monoisotopic (exact) mass is 585 g/mol. The topological polar surface area (TPSA) is 86.8 Å². The molecule has 0 heterocycles. The molecule has 3 aromatic rings. The summed E-state index contributed by atoms with van der Waals surface area (Å²) in [6.45, 7) is -0.551. The first-order valence-corrected chi connectivity index (χ1v) is 15.4. The molecule has 3 aromatic carbocycles. The van der Waals surface area contributed by atoms with Gasteiger partial charge in [0.1, 0.15) is 18.4 Å². The van der Waals surface area contributed by atoms with Crippen LogP contribution in [0.15, 0.2) is 78.9 Å². The van der Waals surface area contributed by atoms with Crippen molar-refractivity contribution in [2.45, 2.75) is 50.7 Å². The van der Waals surface area contributed by atoms with E-state index >= 15 is 0 Å². The third-order valence-electron chi connectivity index (χ3n) is 7.01. The Balaban J connectivity index is 1.72. The Morgan fingerprint density at radius 1 is 0.975 bits per heavy atom. The van der Waals surface area contributed by atoms with Crippen molar-refractivity contribution < 1.29 is 22.4 Å². The molecule has 0 bridgehead atoms. The van der Waals surface area contributed by atoms with E-state index in [4.69, 9.17) is 11.6 Å². The number of sulfonamides is 1. The highest BCUT2D eigenvalue weighted by Crippen LogP contribution is 2.24. The van der Waals surface area contributed by atoms with Crippen LogP contribution in [0.2, 0.25) is 5.02 Å². The number of rotatable bonds is 11. The zero-order chi connectivity index (χ0) is 28.7. The van der Waals surface area contributed by atoms with Gasteiger partial charge < -0.3 is 10.2 Å². The normalized spacial score (nSPS) is 14.5. The summed E-state index contributed by atoms with van der Waals surface area (Å²) in [6.07, 6.45) is 5.02. The quantitative estimate of drug-likeness (QED) is 0.345. The van der Waals surface area contributed by atoms with E-state index < -0.39 is 34.3 Å². The first-order chi connectivity index (χ1) is 19.1. The van der Waals surface area contributed by atoms with E-state index in [1.165, 1.54) is 23.1 Å². The van der Waals surface area contributed by atoms with Gasteiger partial charge in [-0.05, 0) is 54.3 Å². The molecule has 1 aliphatic rings. The number of carbonyl (C=O) groups excluding carboxylic acids is 2. The number of carbonyl (C=O) groups is 2. The Labute approximate surface area is 240 Å². The summed E-state index contributed by atoms with van der Waals surface area (Å²) in [5.74, 6) is -1.30. The van der Waals surface area contributed by atoms with Gasteiger partial charge >= 0.3 is 0 Å². The zero-order valence-corrected chi connectivity index (χ0v) is 23.9. The number of hydrogen-bond donors (Lipinski definition) is 1. The van der Waals surface area contributed by atoms with E-state index in [-0.39, 0.29) is 30.6 Å². The van der Waals surface area contributed by atoms with Crippen LogP contribution in [0.4, 0.5) is 10.1 Å². The number of nitrogens with one attached hydrogen (secondary N) is 1. The summed E-state index contributed by atoms with van der Waals surface area (Å²) in [5.41, 5.74) is 1.69. The number of benzene rings is 3. The molecule has 0 spiro atoms. The van der Waals surface area contributed by atoms with E-state index in [1.54, 1.807) is 30.3 Å². The summed E-state index contributed by atoms with van der Waals surface area (Å²) < 4.78 is 40.3. The Bertz CT molecular complexity index is 1410. The number of halogens is 2. The predicted molar refractivity (Wildman–Crippen MR) is 155 cm³/mol. The molecule has 0 saturated heterocycles. The van der Waals surface area contributed by atoms with Gasteiger partial charge in [-0.15, -0.1) is 0 Å². The van der Waals surface area contributed by atoms with Crippen LogP contribution in [0.1, 0.15) is 36.8 Å². The number of hydrogen-bond acceptors (Lipinski definition) is 4. The Hall–Kier alpha value is -3.43. The molecule has 7 nitrogen and oxygen atoms in total. The van der Waals surface area contributed by atoms with Gasteiger partial charge in [0.25, 0.3) is 0 Å². The second kappa shape index (κ2) is 13.3. The maximum absolute atomic E-state index is 14.0. The van der Waals surface area contributed by atoms with Gasteiger partial charge in [-0.3, -0.25) is 13.9 Å². The highest BCUT2D eigenvalue weighted by molar-refractivity contribution is 7.92. The Morgan fingerprint density at radius 3 is 2.27 bits per heavy atom. The fourth-order valence-electron chi connectivity index (χ4n) is 4.95. The lowest BCUT2D eigenvalue weighted by molar-refractivity contribution is -0.140. The van der Waals surface area contributed by atoms with Gasteiger partial charge in [0.15, 0.2) is 0 Å². The van der Waals surface area contributed by atoms with Crippen molar-refractivity contribution in [3.05, 3.63) is 101 Å². The average Bonchev–Trinajstić information content (AvgIpc) is 3.43. The van der Waals surface area contributed by atoms with Gasteiger partial charge in [-0.1, -0.05) is 73.0 Å². The molecule has 1 N–H and O–H groups in total. The summed E-state index contributed by atoms with van der Waals surface area (Å²) in [7, 11) is -3.89. The number of anilines is 1. The molecule has 1 aliphatic carbocycles. The first-order valence-electron chi connectivity index (χ1n) is 13.2. The van der Waals surface area contributed by atoms with E-state index in [2.05, 4.69) is 5.32 Å². The lowest BCUT2D eigenvalue weighted by Gasteiger charge is -2.34. The minimum Gasteiger partial charge on any atom is -0.352 e. The molecule has 1 fully saturated rings. The zero-order valence-electron chi connectivity index (χ0n) is 22.3. The van der Waals surface area contributed by atoms with Crippen LogP contribution in [-0.2, 0) is 32.6 Å². The third-order valence-corrected chi connectivity index (χ3v) is 8.39. The van der Waals surface area contributed by atoms with Gasteiger partial charge in [-0.25, -0.2) is 12.8 Å². The molecule has 0 aromatic heterocycles. The SMILES string of the molecule is CS(=O)(=O)N(CC(=O)N(Cc1ccc(F)cc1)[C@H](Cc1ccccc1)C(=O)NC1CCCC1)c1cccc(Cl)c1. The molecule has 1 saturated carbocycles. The highest BCUT2D eigenvalue weighted by atomic mass is 35.5. The van der Waals surface area contributed by atoms with Crippen LogP contribution in [-0.4, -0.2) is 50.0 Å². The largest absolute Gasteiger partial charge is 0.352 e. The van der Waals surface area contributed by atoms with Crippen molar-refractivity contribution in [2.24, 2.45) is 0 Å². The van der Waals surface area contributed by atoms with Gasteiger partial charge in [0.05, 0.1) is 11.9 Å². The number of amides is 2. The van der Waals surface area contributed by atoms with E-state index in [9.17, 15) is 22.4 Å². The standard InChI is InChI=1S/C30H33ClFN3O4S/c1-40(38,39)35(27-13-7-10-24(31)19-27)21-29(36)34(20-23-14-16-25(32)17-15-23)28(18-22-8-3-2-4-9-22)30(37)33-26-11-5-6-12-26/h2-4,7-10,13-17,19,26,28H,5-6,11-12,18,20-21H2,1H3,(H,33,37)/t28-/m1/s1. The molecular weight excluding hydrogens is 553 g/mol. The Morgan fingerprint density at radius 2 is 1.65 bits per heavy atom. The summed E-state index contributed by atoms with van der Waals surface area (Å²) in [6, 6.07) is 20.3. The molecule has 0 radical (unpaired) electrons. The average molecular weight is 586 g/mol. The molecule has 40 heavy (non-hydrogen) atoms. The van der Waals surface area contributed by atoms with Crippen LogP contribution in [0, 0.1) is 5.82 Å². The smallest absolute Gasteiger partial charge is 0.244 e. The van der Waals surface area contributed by atoms with Crippen LogP contribution in [0.5, 0.6) is 0 Å². The lowest BCUT2D eigenvalue weighted by atomic mass is 10.0. The van der Waals surface area contributed by atoms with Gasteiger partial charge in [0, 0.05) is 24.0 Å². The van der Waals surface area contributed by atoms with Crippen LogP contribution in [0.3, 0.4) is 0 Å². The van der Waals surface area contributed by atoms with Crippen molar-refractivity contribution in [1.29, 1.82) is 0 Å². The molecule has 0 aliphatic heterocycles. The first kappa shape index (κ1) is 29.6. The third kappa shape index (κ3) is 8.05. The predicted octanol–water partition coefficient (Wildman–Crippen LogP) is 4.94. The maximum atomic E-state index is 14.0. The van der Waals surface area contributed by atoms with Gasteiger partial charge in [0.2, 0.25) is 21.8 Å². The second-order valence-corrected chi connectivity index (χ2v) is 12.4.